The van der Waals surface area contributed by atoms with Crippen molar-refractivity contribution in [3.8, 4) is 0 Å². The van der Waals surface area contributed by atoms with Crippen LogP contribution in [0.4, 0.5) is 0 Å². The van der Waals surface area contributed by atoms with Gasteiger partial charge in [0.2, 0.25) is 0 Å². The maximum atomic E-state index is 5.71. The Morgan fingerprint density at radius 2 is 2.11 bits per heavy atom. The fourth-order valence-electron chi connectivity index (χ4n) is 4.79. The van der Waals surface area contributed by atoms with Crippen LogP contribution in [0.25, 0.3) is 0 Å². The fourth-order valence-corrected chi connectivity index (χ4v) is 5.65. The molecule has 192 valence electrons. The first-order valence-corrected chi connectivity index (χ1v) is 14.2. The highest BCUT2D eigenvalue weighted by Crippen LogP contribution is 2.29. The molecular weight excluding hydrogens is 452 g/mol. The number of thioether (sulfide) groups is 1. The first kappa shape index (κ1) is 27.4. The summed E-state index contributed by atoms with van der Waals surface area (Å²) in [6.07, 6.45) is 17.6. The van der Waals surface area contributed by atoms with Crippen LogP contribution < -0.4 is 5.32 Å². The molecule has 0 atom stereocenters. The number of fused-ring (bicyclic) bond motifs is 2. The molecular formula is C29H44N4OS. The van der Waals surface area contributed by atoms with Crippen LogP contribution in [0.1, 0.15) is 59.3 Å². The Hall–Kier alpha value is -2.18. The lowest BCUT2D eigenvalue weighted by Crippen LogP contribution is -2.34. The first-order chi connectivity index (χ1) is 17.1. The van der Waals surface area contributed by atoms with Gasteiger partial charge in [0, 0.05) is 26.0 Å². The van der Waals surface area contributed by atoms with E-state index in [0.717, 1.165) is 76.4 Å². The van der Waals surface area contributed by atoms with E-state index in [1.807, 2.05) is 18.8 Å². The number of hydrogen-bond acceptors (Lipinski definition) is 6. The molecule has 0 amide bonds. The van der Waals surface area contributed by atoms with Crippen molar-refractivity contribution in [1.29, 1.82) is 0 Å². The van der Waals surface area contributed by atoms with Gasteiger partial charge in [-0.3, -0.25) is 4.99 Å². The Kier molecular flexibility index (Phi) is 11.3. The number of aliphatic imine (C=N–C) groups is 1. The van der Waals surface area contributed by atoms with Gasteiger partial charge in [-0.1, -0.05) is 39.0 Å². The number of rotatable bonds is 10. The summed E-state index contributed by atoms with van der Waals surface area (Å²) in [6.45, 7) is 9.90. The number of ether oxygens (including phenoxy) is 1. The maximum Gasteiger partial charge on any atom is 0.110 e. The minimum atomic E-state index is 0.771. The molecule has 0 radical (unpaired) electrons. The lowest BCUT2D eigenvalue weighted by Gasteiger charge is -2.33. The van der Waals surface area contributed by atoms with E-state index in [9.17, 15) is 0 Å². The van der Waals surface area contributed by atoms with Crippen LogP contribution in [0.15, 0.2) is 74.7 Å². The van der Waals surface area contributed by atoms with Crippen molar-refractivity contribution in [2.45, 2.75) is 59.3 Å². The summed E-state index contributed by atoms with van der Waals surface area (Å²) >= 11 is 1.85. The van der Waals surface area contributed by atoms with Crippen LogP contribution in [0.3, 0.4) is 0 Å². The topological polar surface area (TPSA) is 40.1 Å². The van der Waals surface area contributed by atoms with Gasteiger partial charge in [0.1, 0.15) is 5.82 Å². The molecule has 2 bridgehead atoms. The van der Waals surface area contributed by atoms with Gasteiger partial charge in [-0.25, -0.2) is 0 Å². The molecule has 35 heavy (non-hydrogen) atoms. The molecule has 0 aliphatic carbocycles. The minimum Gasteiger partial charge on any atom is -0.387 e. The Bertz CT molecular complexity index is 938. The van der Waals surface area contributed by atoms with Gasteiger partial charge in [0.15, 0.2) is 0 Å². The zero-order chi connectivity index (χ0) is 25.0. The first-order valence-electron chi connectivity index (χ1n) is 13.2. The van der Waals surface area contributed by atoms with E-state index in [1.165, 1.54) is 33.8 Å². The largest absolute Gasteiger partial charge is 0.387 e. The van der Waals surface area contributed by atoms with Gasteiger partial charge in [-0.15, -0.1) is 11.8 Å². The average Bonchev–Trinajstić information content (AvgIpc) is 3.23. The summed E-state index contributed by atoms with van der Waals surface area (Å²) in [5, 5.41) is 5.68. The van der Waals surface area contributed by atoms with E-state index >= 15 is 0 Å². The van der Waals surface area contributed by atoms with Crippen LogP contribution in [0, 0.1) is 0 Å². The van der Waals surface area contributed by atoms with E-state index in [2.05, 4.69) is 78.8 Å². The predicted molar refractivity (Wildman–Crippen MR) is 152 cm³/mol. The number of allylic oxidation sites excluding steroid dienone is 4. The van der Waals surface area contributed by atoms with Crippen molar-refractivity contribution in [2.24, 2.45) is 4.99 Å². The van der Waals surface area contributed by atoms with E-state index in [4.69, 9.17) is 9.73 Å². The monoisotopic (exact) mass is 496 g/mol. The number of hydrogen-bond donors (Lipinski definition) is 1. The third-order valence-corrected chi connectivity index (χ3v) is 7.58. The molecule has 1 N–H and O–H groups in total. The van der Waals surface area contributed by atoms with Crippen LogP contribution in [-0.4, -0.2) is 61.8 Å². The van der Waals surface area contributed by atoms with Gasteiger partial charge in [-0.2, -0.15) is 0 Å². The third-order valence-electron chi connectivity index (χ3n) is 6.64. The molecule has 0 saturated heterocycles. The molecule has 6 heteroatoms. The van der Waals surface area contributed by atoms with Crippen molar-refractivity contribution >= 4 is 17.5 Å². The summed E-state index contributed by atoms with van der Waals surface area (Å²) in [5.41, 5.74) is 8.00. The zero-order valence-electron chi connectivity index (χ0n) is 22.4. The number of likely N-dealkylation sites (N-methyl/N-ethyl adjacent to an activating group) is 1. The predicted octanol–water partition coefficient (Wildman–Crippen LogP) is 6.37. The second-order valence-electron chi connectivity index (χ2n) is 9.12. The molecule has 5 nitrogen and oxygen atoms in total. The van der Waals surface area contributed by atoms with E-state index < -0.39 is 0 Å². The van der Waals surface area contributed by atoms with Gasteiger partial charge in [0.25, 0.3) is 0 Å². The SMILES string of the molecule is CC/C=C(CC)/C(=C/SCN(C)C1=C(CC)CN=C2/C=C\C/C(C3=CCCOCC3)=C\N1C2)NC. The molecule has 3 aliphatic rings. The van der Waals surface area contributed by atoms with Crippen molar-refractivity contribution in [2.75, 3.05) is 46.3 Å². The highest BCUT2D eigenvalue weighted by atomic mass is 32.2. The summed E-state index contributed by atoms with van der Waals surface area (Å²) < 4.78 is 5.71. The molecule has 3 aliphatic heterocycles. The third kappa shape index (κ3) is 7.65. The molecule has 0 aromatic rings. The van der Waals surface area contributed by atoms with Crippen LogP contribution in [-0.2, 0) is 4.74 Å². The Labute approximate surface area is 217 Å². The highest BCUT2D eigenvalue weighted by Gasteiger charge is 2.23. The van der Waals surface area contributed by atoms with Gasteiger partial charge < -0.3 is 19.9 Å². The Morgan fingerprint density at radius 1 is 1.26 bits per heavy atom. The fraction of sp³-hybridized carbons (Fsp3) is 0.552. The minimum absolute atomic E-state index is 0.771. The van der Waals surface area contributed by atoms with E-state index in [-0.39, 0.29) is 0 Å². The van der Waals surface area contributed by atoms with Gasteiger partial charge >= 0.3 is 0 Å². The Morgan fingerprint density at radius 3 is 2.86 bits per heavy atom. The Balaban J connectivity index is 1.86. The van der Waals surface area contributed by atoms with E-state index in [0.29, 0.717) is 0 Å². The summed E-state index contributed by atoms with van der Waals surface area (Å²) in [6, 6.07) is 0. The van der Waals surface area contributed by atoms with Crippen molar-refractivity contribution < 1.29 is 4.74 Å². The molecule has 3 rings (SSSR count). The van der Waals surface area contributed by atoms with Gasteiger partial charge in [-0.05, 0) is 72.3 Å². The number of nitrogens with zero attached hydrogens (tertiary/aromatic N) is 3. The van der Waals surface area contributed by atoms with Crippen molar-refractivity contribution in [3.05, 3.63) is 69.7 Å². The summed E-state index contributed by atoms with van der Waals surface area (Å²) in [4.78, 5) is 9.82. The lowest BCUT2D eigenvalue weighted by atomic mass is 9.98. The van der Waals surface area contributed by atoms with Crippen molar-refractivity contribution in [3.63, 3.8) is 0 Å². The average molecular weight is 497 g/mol. The van der Waals surface area contributed by atoms with Crippen molar-refractivity contribution in [1.82, 2.24) is 15.1 Å². The van der Waals surface area contributed by atoms with E-state index in [1.54, 1.807) is 0 Å². The molecule has 3 heterocycles. The molecule has 0 aromatic heterocycles. The quantitative estimate of drug-likeness (QED) is 0.281. The summed E-state index contributed by atoms with van der Waals surface area (Å²) in [5.74, 6) is 2.19. The summed E-state index contributed by atoms with van der Waals surface area (Å²) in [7, 11) is 4.24. The molecule has 0 saturated carbocycles. The van der Waals surface area contributed by atoms with Crippen LogP contribution in [0.5, 0.6) is 0 Å². The highest BCUT2D eigenvalue weighted by molar-refractivity contribution is 8.02. The van der Waals surface area contributed by atoms with Gasteiger partial charge in [0.05, 0.1) is 37.9 Å². The number of nitrogens with one attached hydrogen (secondary N) is 1. The molecule has 0 aromatic carbocycles. The van der Waals surface area contributed by atoms with Crippen LogP contribution >= 0.6 is 11.8 Å². The standard InChI is InChI=1S/C29H44N4OS/c1-6-11-23(7-2)28(30-4)21-35-22-32(5)29-24(8-3)18-31-27-14-9-12-26(19-33(29)20-27)25-13-10-16-34-17-15-25/h9,11,13-14,19,21,30H,6-8,10,12,15-18,20,22H2,1-5H3/b14-9-,23-11+,26-19+,28-21-. The second-order valence-corrected chi connectivity index (χ2v) is 9.95. The lowest BCUT2D eigenvalue weighted by molar-refractivity contribution is 0.147. The zero-order valence-corrected chi connectivity index (χ0v) is 23.2. The normalized spacial score (nSPS) is 22.2. The molecule has 0 fully saturated rings. The molecule has 0 spiro atoms. The molecule has 0 unspecified atom stereocenters. The maximum absolute atomic E-state index is 5.71. The second kappa shape index (κ2) is 14.4. The van der Waals surface area contributed by atoms with Crippen LogP contribution in [0.2, 0.25) is 0 Å². The smallest absolute Gasteiger partial charge is 0.110 e.